The Morgan fingerprint density at radius 1 is 0.275 bits per heavy atom. The van der Waals surface area contributed by atoms with Gasteiger partial charge >= 0.3 is 0 Å². The highest BCUT2D eigenvalue weighted by molar-refractivity contribution is 6.09. The fraction of sp³-hybridized carbons (Fsp3) is 0.0149. The van der Waals surface area contributed by atoms with Crippen LogP contribution < -0.4 is 4.90 Å². The number of rotatable bonds is 7. The average molecular weight is 878 g/mol. The summed E-state index contributed by atoms with van der Waals surface area (Å²) in [6.45, 7) is 0. The zero-order valence-electron chi connectivity index (χ0n) is 37.7. The van der Waals surface area contributed by atoms with Gasteiger partial charge in [-0.3, -0.25) is 0 Å². The van der Waals surface area contributed by atoms with E-state index in [4.69, 9.17) is 4.42 Å². The summed E-state index contributed by atoms with van der Waals surface area (Å²) in [4.78, 5) is 2.36. The Bertz CT molecular complexity index is 3880. The standard InChI is InChI=1S/C67H43NO/c1-3-15-44(16-4-1)45-29-36-50(37-30-45)68(52-40-33-48(34-41-52)54-23-13-24-58-57-21-9-12-28-64(57)69-66(54)58)51-38-31-46(32-39-51)49-35-42-59-63(43-49)67(60-25-10-7-19-55(60)56-20-8-11-26-61(56)67)62-27-14-22-53(65(59)62)47-17-5-2-6-18-47/h1-43H. The van der Waals surface area contributed by atoms with Crippen LogP contribution in [0.15, 0.2) is 265 Å². The van der Waals surface area contributed by atoms with E-state index in [1.165, 1.54) is 77.9 Å². The molecule has 0 saturated heterocycles. The zero-order valence-corrected chi connectivity index (χ0v) is 37.7. The second-order valence-corrected chi connectivity index (χ2v) is 18.3. The van der Waals surface area contributed by atoms with Crippen LogP contribution in [-0.2, 0) is 5.41 Å². The second-order valence-electron chi connectivity index (χ2n) is 18.3. The third-order valence-electron chi connectivity index (χ3n) is 14.7. The van der Waals surface area contributed by atoms with Crippen LogP contribution in [0.3, 0.4) is 0 Å². The third kappa shape index (κ3) is 5.99. The molecule has 1 spiro atoms. The van der Waals surface area contributed by atoms with Crippen LogP contribution in [0, 0.1) is 0 Å². The number of benzene rings is 11. The van der Waals surface area contributed by atoms with Crippen LogP contribution in [0.5, 0.6) is 0 Å². The van der Waals surface area contributed by atoms with Crippen molar-refractivity contribution in [3.63, 3.8) is 0 Å². The van der Waals surface area contributed by atoms with Crippen LogP contribution >= 0.6 is 0 Å². The predicted molar refractivity (Wildman–Crippen MR) is 286 cm³/mol. The summed E-state index contributed by atoms with van der Waals surface area (Å²) in [6.07, 6.45) is 0. The number of hydrogen-bond donors (Lipinski definition) is 0. The molecule has 14 rings (SSSR count). The molecule has 2 aliphatic carbocycles. The molecule has 0 fully saturated rings. The molecule has 322 valence electrons. The number of fused-ring (bicyclic) bond motifs is 13. The van der Waals surface area contributed by atoms with E-state index in [2.05, 4.69) is 254 Å². The number of furan rings is 1. The number of nitrogens with zero attached hydrogens (tertiary/aromatic N) is 1. The van der Waals surface area contributed by atoms with Crippen molar-refractivity contribution in [2.75, 3.05) is 4.90 Å². The minimum atomic E-state index is -0.455. The van der Waals surface area contributed by atoms with Gasteiger partial charge in [-0.25, -0.2) is 0 Å². The van der Waals surface area contributed by atoms with Gasteiger partial charge in [-0.1, -0.05) is 212 Å². The van der Waals surface area contributed by atoms with E-state index in [9.17, 15) is 0 Å². The number of anilines is 3. The molecule has 0 bridgehead atoms. The van der Waals surface area contributed by atoms with Crippen LogP contribution in [-0.4, -0.2) is 0 Å². The van der Waals surface area contributed by atoms with Crippen molar-refractivity contribution in [2.24, 2.45) is 0 Å². The molecular formula is C67H43NO. The molecule has 0 atom stereocenters. The molecule has 1 aromatic heterocycles. The molecule has 0 unspecified atom stereocenters. The van der Waals surface area contributed by atoms with E-state index in [0.29, 0.717) is 0 Å². The van der Waals surface area contributed by atoms with E-state index in [-0.39, 0.29) is 0 Å². The molecule has 0 radical (unpaired) electrons. The number of hydrogen-bond acceptors (Lipinski definition) is 2. The van der Waals surface area contributed by atoms with Gasteiger partial charge in [-0.05, 0) is 132 Å². The Balaban J connectivity index is 0.889. The first-order chi connectivity index (χ1) is 34.2. The second kappa shape index (κ2) is 15.6. The van der Waals surface area contributed by atoms with Crippen molar-refractivity contribution in [1.82, 2.24) is 0 Å². The molecule has 0 aliphatic heterocycles. The summed E-state index contributed by atoms with van der Waals surface area (Å²) in [5.74, 6) is 0. The summed E-state index contributed by atoms with van der Waals surface area (Å²) in [5, 5.41) is 2.26. The van der Waals surface area contributed by atoms with Gasteiger partial charge in [0.25, 0.3) is 0 Å². The molecule has 2 aliphatic rings. The van der Waals surface area contributed by atoms with E-state index in [1.54, 1.807) is 0 Å². The van der Waals surface area contributed by atoms with Crippen LogP contribution in [0.1, 0.15) is 22.3 Å². The van der Waals surface area contributed by atoms with Crippen molar-refractivity contribution in [2.45, 2.75) is 5.41 Å². The van der Waals surface area contributed by atoms with Gasteiger partial charge < -0.3 is 9.32 Å². The Kier molecular flexibility index (Phi) is 8.84. The summed E-state index contributed by atoms with van der Waals surface area (Å²) in [6, 6.07) is 95.4. The molecule has 2 heteroatoms. The van der Waals surface area contributed by atoms with Gasteiger partial charge in [-0.2, -0.15) is 0 Å². The first kappa shape index (κ1) is 39.2. The Morgan fingerprint density at radius 2 is 0.725 bits per heavy atom. The maximum Gasteiger partial charge on any atom is 0.143 e. The Morgan fingerprint density at radius 3 is 1.39 bits per heavy atom. The van der Waals surface area contributed by atoms with E-state index < -0.39 is 5.41 Å². The fourth-order valence-corrected chi connectivity index (χ4v) is 11.7. The quantitative estimate of drug-likeness (QED) is 0.159. The lowest BCUT2D eigenvalue weighted by Gasteiger charge is -2.31. The van der Waals surface area contributed by atoms with Crippen LogP contribution in [0.4, 0.5) is 17.1 Å². The van der Waals surface area contributed by atoms with Gasteiger partial charge in [-0.15, -0.1) is 0 Å². The monoisotopic (exact) mass is 877 g/mol. The van der Waals surface area contributed by atoms with Crippen molar-refractivity contribution >= 4 is 39.0 Å². The number of para-hydroxylation sites is 2. The zero-order chi connectivity index (χ0) is 45.5. The maximum atomic E-state index is 6.46. The lowest BCUT2D eigenvalue weighted by Crippen LogP contribution is -2.25. The lowest BCUT2D eigenvalue weighted by molar-refractivity contribution is 0.670. The molecular weight excluding hydrogens is 835 g/mol. The van der Waals surface area contributed by atoms with Gasteiger partial charge in [0, 0.05) is 33.4 Å². The van der Waals surface area contributed by atoms with Crippen LogP contribution in [0.2, 0.25) is 0 Å². The van der Waals surface area contributed by atoms with Gasteiger partial charge in [0.05, 0.1) is 5.41 Å². The maximum absolute atomic E-state index is 6.46. The summed E-state index contributed by atoms with van der Waals surface area (Å²) < 4.78 is 6.46. The van der Waals surface area contributed by atoms with E-state index in [1.807, 2.05) is 12.1 Å². The Hall–Kier alpha value is -8.98. The Labute approximate surface area is 401 Å². The molecule has 12 aromatic rings. The first-order valence-corrected chi connectivity index (χ1v) is 23.8. The minimum absolute atomic E-state index is 0.455. The normalized spacial score (nSPS) is 12.8. The molecule has 1 heterocycles. The van der Waals surface area contributed by atoms with Gasteiger partial charge in [0.1, 0.15) is 11.2 Å². The van der Waals surface area contributed by atoms with E-state index in [0.717, 1.165) is 50.1 Å². The summed E-state index contributed by atoms with van der Waals surface area (Å²) in [7, 11) is 0. The lowest BCUT2D eigenvalue weighted by atomic mass is 9.70. The highest BCUT2D eigenvalue weighted by Gasteiger charge is 2.52. The highest BCUT2D eigenvalue weighted by Crippen LogP contribution is 2.64. The largest absolute Gasteiger partial charge is 0.455 e. The average Bonchev–Trinajstić information content (AvgIpc) is 4.06. The summed E-state index contributed by atoms with van der Waals surface area (Å²) >= 11 is 0. The molecule has 0 N–H and O–H groups in total. The van der Waals surface area contributed by atoms with Crippen LogP contribution in [0.25, 0.3) is 88.7 Å². The SMILES string of the molecule is c1ccc(-c2ccc(N(c3ccc(-c4ccc5c(c4)C4(c6ccccc6-c6ccccc64)c4cccc(-c6ccccc6)c4-5)cc3)c3ccc(-c4cccc5c4oc4ccccc45)cc3)cc2)cc1. The molecule has 11 aromatic carbocycles. The molecule has 0 saturated carbocycles. The molecule has 2 nitrogen and oxygen atoms in total. The van der Waals surface area contributed by atoms with Crippen molar-refractivity contribution in [3.05, 3.63) is 283 Å². The third-order valence-corrected chi connectivity index (χ3v) is 14.7. The van der Waals surface area contributed by atoms with Crippen molar-refractivity contribution in [1.29, 1.82) is 0 Å². The minimum Gasteiger partial charge on any atom is -0.455 e. The van der Waals surface area contributed by atoms with Gasteiger partial charge in [0.2, 0.25) is 0 Å². The molecule has 69 heavy (non-hydrogen) atoms. The van der Waals surface area contributed by atoms with Crippen molar-refractivity contribution in [3.8, 4) is 66.8 Å². The highest BCUT2D eigenvalue weighted by atomic mass is 16.3. The predicted octanol–water partition coefficient (Wildman–Crippen LogP) is 18.1. The molecule has 0 amide bonds. The topological polar surface area (TPSA) is 16.4 Å². The fourth-order valence-electron chi connectivity index (χ4n) is 11.7. The summed E-state index contributed by atoms with van der Waals surface area (Å²) in [5.41, 5.74) is 24.6. The smallest absolute Gasteiger partial charge is 0.143 e. The van der Waals surface area contributed by atoms with Crippen molar-refractivity contribution < 1.29 is 4.42 Å². The van der Waals surface area contributed by atoms with E-state index >= 15 is 0 Å². The van der Waals surface area contributed by atoms with Gasteiger partial charge in [0.15, 0.2) is 0 Å². The first-order valence-electron chi connectivity index (χ1n) is 23.8.